The van der Waals surface area contributed by atoms with Crippen LogP contribution in [-0.4, -0.2) is 31.2 Å². The summed E-state index contributed by atoms with van der Waals surface area (Å²) < 4.78 is 4.70. The van der Waals surface area contributed by atoms with Gasteiger partial charge in [-0.25, -0.2) is 4.79 Å². The summed E-state index contributed by atoms with van der Waals surface area (Å²) in [4.78, 5) is 24.0. The number of esters is 1. The standard InChI is InChI=1S/C20H21N3O3/c1-13-12-16(20(25)26-3)6-9-18(13)21-19(24)15-4-7-17(8-5-15)23-11-10-14(2)22-23/h4-9,12H,10-11H2,1-3H3,(H,21,24). The molecule has 0 saturated carbocycles. The summed E-state index contributed by atoms with van der Waals surface area (Å²) in [6.07, 6.45) is 0.961. The van der Waals surface area contributed by atoms with E-state index in [1.165, 1.54) is 7.11 Å². The predicted octanol–water partition coefficient (Wildman–Crippen LogP) is 3.62. The van der Waals surface area contributed by atoms with E-state index in [1.807, 2.05) is 31.0 Å². The number of hydrogen-bond acceptors (Lipinski definition) is 5. The lowest BCUT2D eigenvalue weighted by molar-refractivity contribution is 0.0600. The van der Waals surface area contributed by atoms with E-state index >= 15 is 0 Å². The van der Waals surface area contributed by atoms with Crippen LogP contribution in [0.4, 0.5) is 11.4 Å². The number of ether oxygens (including phenoxy) is 1. The SMILES string of the molecule is COC(=O)c1ccc(NC(=O)c2ccc(N3CCC(C)=N3)cc2)c(C)c1. The number of hydrazone groups is 1. The van der Waals surface area contributed by atoms with Crippen molar-refractivity contribution in [3.8, 4) is 0 Å². The summed E-state index contributed by atoms with van der Waals surface area (Å²) in [6.45, 7) is 4.71. The number of benzene rings is 2. The minimum atomic E-state index is -0.402. The number of carbonyl (C=O) groups is 2. The third-order valence-corrected chi connectivity index (χ3v) is 4.30. The average molecular weight is 351 g/mol. The number of nitrogens with zero attached hydrogens (tertiary/aromatic N) is 2. The van der Waals surface area contributed by atoms with E-state index in [9.17, 15) is 9.59 Å². The first-order chi connectivity index (χ1) is 12.5. The van der Waals surface area contributed by atoms with Crippen molar-refractivity contribution in [2.75, 3.05) is 24.0 Å². The summed E-state index contributed by atoms with van der Waals surface area (Å²) >= 11 is 0. The number of methoxy groups -OCH3 is 1. The van der Waals surface area contributed by atoms with Gasteiger partial charge >= 0.3 is 5.97 Å². The van der Waals surface area contributed by atoms with Gasteiger partial charge < -0.3 is 10.1 Å². The van der Waals surface area contributed by atoms with Crippen molar-refractivity contribution < 1.29 is 14.3 Å². The zero-order valence-electron chi connectivity index (χ0n) is 15.1. The molecule has 6 nitrogen and oxygen atoms in total. The van der Waals surface area contributed by atoms with Gasteiger partial charge in [0.1, 0.15) is 0 Å². The fraction of sp³-hybridized carbons (Fsp3) is 0.250. The Bertz CT molecular complexity index is 872. The first-order valence-corrected chi connectivity index (χ1v) is 8.40. The molecular weight excluding hydrogens is 330 g/mol. The van der Waals surface area contributed by atoms with Gasteiger partial charge in [-0.05, 0) is 61.9 Å². The Balaban J connectivity index is 1.71. The highest BCUT2D eigenvalue weighted by Gasteiger charge is 2.14. The zero-order valence-corrected chi connectivity index (χ0v) is 15.1. The van der Waals surface area contributed by atoms with Gasteiger partial charge in [-0.15, -0.1) is 0 Å². The molecule has 1 amide bonds. The summed E-state index contributed by atoms with van der Waals surface area (Å²) in [6, 6.07) is 12.4. The Morgan fingerprint density at radius 2 is 1.77 bits per heavy atom. The van der Waals surface area contributed by atoms with Crippen LogP contribution in [0, 0.1) is 6.92 Å². The number of amides is 1. The molecule has 1 N–H and O–H groups in total. The first-order valence-electron chi connectivity index (χ1n) is 8.40. The van der Waals surface area contributed by atoms with E-state index in [2.05, 4.69) is 10.4 Å². The molecule has 0 aromatic heterocycles. The van der Waals surface area contributed by atoms with Crippen molar-refractivity contribution in [2.24, 2.45) is 5.10 Å². The minimum Gasteiger partial charge on any atom is -0.465 e. The van der Waals surface area contributed by atoms with Gasteiger partial charge in [-0.1, -0.05) is 0 Å². The van der Waals surface area contributed by atoms with Crippen LogP contribution in [0.25, 0.3) is 0 Å². The fourth-order valence-electron chi connectivity index (χ4n) is 2.79. The molecule has 2 aromatic carbocycles. The van der Waals surface area contributed by atoms with Crippen molar-refractivity contribution in [3.63, 3.8) is 0 Å². The van der Waals surface area contributed by atoms with Gasteiger partial charge in [0, 0.05) is 29.9 Å². The van der Waals surface area contributed by atoms with Crippen LogP contribution in [0.2, 0.25) is 0 Å². The van der Waals surface area contributed by atoms with Crippen molar-refractivity contribution in [1.29, 1.82) is 0 Å². The topological polar surface area (TPSA) is 71.0 Å². The van der Waals surface area contributed by atoms with E-state index < -0.39 is 5.97 Å². The zero-order chi connectivity index (χ0) is 18.7. The number of carbonyl (C=O) groups excluding carboxylic acids is 2. The molecule has 0 fully saturated rings. The smallest absolute Gasteiger partial charge is 0.337 e. The maximum absolute atomic E-state index is 12.5. The highest BCUT2D eigenvalue weighted by Crippen LogP contribution is 2.21. The van der Waals surface area contributed by atoms with Gasteiger partial charge in [-0.3, -0.25) is 9.80 Å². The highest BCUT2D eigenvalue weighted by molar-refractivity contribution is 6.05. The number of hydrogen-bond donors (Lipinski definition) is 1. The quantitative estimate of drug-likeness (QED) is 0.854. The van der Waals surface area contributed by atoms with Crippen LogP contribution < -0.4 is 10.3 Å². The molecule has 1 aliphatic heterocycles. The monoisotopic (exact) mass is 351 g/mol. The second-order valence-corrected chi connectivity index (χ2v) is 6.23. The molecule has 2 aromatic rings. The largest absolute Gasteiger partial charge is 0.465 e. The van der Waals surface area contributed by atoms with Crippen molar-refractivity contribution in [2.45, 2.75) is 20.3 Å². The average Bonchev–Trinajstić information content (AvgIpc) is 3.09. The molecule has 134 valence electrons. The number of nitrogens with one attached hydrogen (secondary N) is 1. The van der Waals surface area contributed by atoms with Crippen LogP contribution in [0.1, 0.15) is 39.6 Å². The molecule has 0 radical (unpaired) electrons. The molecule has 0 spiro atoms. The molecule has 1 heterocycles. The second kappa shape index (κ2) is 7.39. The third-order valence-electron chi connectivity index (χ3n) is 4.30. The lowest BCUT2D eigenvalue weighted by atomic mass is 10.1. The Hall–Kier alpha value is -3.15. The third kappa shape index (κ3) is 3.74. The molecule has 26 heavy (non-hydrogen) atoms. The molecule has 6 heteroatoms. The summed E-state index contributed by atoms with van der Waals surface area (Å²) in [7, 11) is 1.34. The lowest BCUT2D eigenvalue weighted by Crippen LogP contribution is -2.15. The number of aryl methyl sites for hydroxylation is 1. The Kier molecular flexibility index (Phi) is 5.02. The van der Waals surface area contributed by atoms with Gasteiger partial charge in [0.25, 0.3) is 5.91 Å². The molecular formula is C20H21N3O3. The first kappa shape index (κ1) is 17.7. The number of rotatable bonds is 4. The molecule has 0 unspecified atom stereocenters. The van der Waals surface area contributed by atoms with Crippen molar-refractivity contribution in [1.82, 2.24) is 0 Å². The van der Waals surface area contributed by atoms with Crippen LogP contribution >= 0.6 is 0 Å². The van der Waals surface area contributed by atoms with Crippen LogP contribution in [0.15, 0.2) is 47.6 Å². The van der Waals surface area contributed by atoms with Crippen molar-refractivity contribution >= 4 is 29.0 Å². The van der Waals surface area contributed by atoms with Gasteiger partial charge in [-0.2, -0.15) is 5.10 Å². The molecule has 0 atom stereocenters. The van der Waals surface area contributed by atoms with E-state index in [0.717, 1.165) is 29.9 Å². The molecule has 1 aliphatic rings. The summed E-state index contributed by atoms with van der Waals surface area (Å²) in [5.41, 5.74) is 4.54. The molecule has 0 bridgehead atoms. The van der Waals surface area contributed by atoms with E-state index in [-0.39, 0.29) is 5.91 Å². The van der Waals surface area contributed by atoms with Gasteiger partial charge in [0.15, 0.2) is 0 Å². The number of anilines is 2. The summed E-state index contributed by atoms with van der Waals surface area (Å²) in [5, 5.41) is 9.27. The van der Waals surface area contributed by atoms with E-state index in [4.69, 9.17) is 4.74 Å². The fourth-order valence-corrected chi connectivity index (χ4v) is 2.79. The van der Waals surface area contributed by atoms with E-state index in [0.29, 0.717) is 16.8 Å². The van der Waals surface area contributed by atoms with Crippen molar-refractivity contribution in [3.05, 3.63) is 59.2 Å². The van der Waals surface area contributed by atoms with Crippen LogP contribution in [-0.2, 0) is 4.74 Å². The van der Waals surface area contributed by atoms with Gasteiger partial charge in [0.2, 0.25) is 0 Å². The molecule has 0 saturated heterocycles. The molecule has 3 rings (SSSR count). The lowest BCUT2D eigenvalue weighted by Gasteiger charge is -2.14. The normalized spacial score (nSPS) is 13.3. The van der Waals surface area contributed by atoms with Gasteiger partial charge in [0.05, 0.1) is 18.4 Å². The van der Waals surface area contributed by atoms with E-state index in [1.54, 1.807) is 30.3 Å². The highest BCUT2D eigenvalue weighted by atomic mass is 16.5. The Morgan fingerprint density at radius 3 is 2.35 bits per heavy atom. The van der Waals surface area contributed by atoms with Crippen LogP contribution in [0.5, 0.6) is 0 Å². The minimum absolute atomic E-state index is 0.202. The maximum Gasteiger partial charge on any atom is 0.337 e. The Labute approximate surface area is 152 Å². The predicted molar refractivity (Wildman–Crippen MR) is 102 cm³/mol. The molecule has 0 aliphatic carbocycles. The maximum atomic E-state index is 12.5. The van der Waals surface area contributed by atoms with Crippen LogP contribution in [0.3, 0.4) is 0 Å². The second-order valence-electron chi connectivity index (χ2n) is 6.23. The Morgan fingerprint density at radius 1 is 1.08 bits per heavy atom. The summed E-state index contributed by atoms with van der Waals surface area (Å²) in [5.74, 6) is -0.604.